The van der Waals surface area contributed by atoms with Crippen molar-refractivity contribution in [2.24, 2.45) is 0 Å². The standard InChI is InChI=1S/C19H12N2O3/c22-16(11-13-6-3-5-12-7-4-10-20-17(12)13)21-18(23)14-8-1-2-9-15(14)19(21)24/h1-10H,11H2. The van der Waals surface area contributed by atoms with Gasteiger partial charge in [0.25, 0.3) is 11.8 Å². The molecule has 24 heavy (non-hydrogen) atoms. The van der Waals surface area contributed by atoms with Crippen LogP contribution >= 0.6 is 0 Å². The second-order valence-corrected chi connectivity index (χ2v) is 5.55. The Morgan fingerprint density at radius 3 is 2.25 bits per heavy atom. The Hall–Kier alpha value is -3.34. The van der Waals surface area contributed by atoms with Crippen molar-refractivity contribution in [1.82, 2.24) is 9.88 Å². The molecule has 2 heterocycles. The molecule has 0 radical (unpaired) electrons. The number of carbonyl (C=O) groups excluding carboxylic acids is 3. The van der Waals surface area contributed by atoms with Gasteiger partial charge in [-0.15, -0.1) is 0 Å². The summed E-state index contributed by atoms with van der Waals surface area (Å²) in [6.07, 6.45) is 1.60. The van der Waals surface area contributed by atoms with Gasteiger partial charge >= 0.3 is 0 Å². The summed E-state index contributed by atoms with van der Waals surface area (Å²) < 4.78 is 0. The molecule has 1 aromatic heterocycles. The number of rotatable bonds is 2. The van der Waals surface area contributed by atoms with Crippen LogP contribution in [0.25, 0.3) is 10.9 Å². The minimum absolute atomic E-state index is 0.0557. The number of imide groups is 3. The van der Waals surface area contributed by atoms with E-state index in [1.165, 1.54) is 0 Å². The van der Waals surface area contributed by atoms with Gasteiger partial charge in [0.15, 0.2) is 0 Å². The molecule has 0 saturated heterocycles. The molecule has 0 saturated carbocycles. The molecular formula is C19H12N2O3. The van der Waals surface area contributed by atoms with Gasteiger partial charge in [-0.25, -0.2) is 4.90 Å². The Morgan fingerprint density at radius 1 is 0.875 bits per heavy atom. The predicted octanol–water partition coefficient (Wildman–Crippen LogP) is 2.60. The highest BCUT2D eigenvalue weighted by atomic mass is 16.2. The van der Waals surface area contributed by atoms with Crippen molar-refractivity contribution in [3.63, 3.8) is 0 Å². The number of hydrogen-bond acceptors (Lipinski definition) is 4. The van der Waals surface area contributed by atoms with Crippen LogP contribution in [0.5, 0.6) is 0 Å². The highest BCUT2D eigenvalue weighted by Gasteiger charge is 2.39. The molecule has 0 unspecified atom stereocenters. The molecule has 2 aromatic carbocycles. The summed E-state index contributed by atoms with van der Waals surface area (Å²) in [4.78, 5) is 42.4. The van der Waals surface area contributed by atoms with Crippen LogP contribution in [0.4, 0.5) is 0 Å². The van der Waals surface area contributed by atoms with Crippen molar-refractivity contribution in [3.05, 3.63) is 77.5 Å². The molecule has 1 aliphatic rings. The van der Waals surface area contributed by atoms with E-state index in [1.54, 1.807) is 36.5 Å². The fraction of sp³-hybridized carbons (Fsp3) is 0.0526. The first-order valence-corrected chi connectivity index (χ1v) is 7.50. The van der Waals surface area contributed by atoms with Crippen molar-refractivity contribution < 1.29 is 14.4 Å². The van der Waals surface area contributed by atoms with Crippen LogP contribution in [0.1, 0.15) is 26.3 Å². The lowest BCUT2D eigenvalue weighted by molar-refractivity contribution is -0.125. The first kappa shape index (κ1) is 14.3. The lowest BCUT2D eigenvalue weighted by atomic mass is 10.1. The topological polar surface area (TPSA) is 67.3 Å². The van der Waals surface area contributed by atoms with Gasteiger partial charge in [0.1, 0.15) is 0 Å². The smallest absolute Gasteiger partial charge is 0.268 e. The SMILES string of the molecule is O=C(Cc1cccc2cccnc12)N1C(=O)c2ccccc2C1=O. The van der Waals surface area contributed by atoms with E-state index < -0.39 is 17.7 Å². The average Bonchev–Trinajstić information content (AvgIpc) is 2.87. The summed E-state index contributed by atoms with van der Waals surface area (Å²) in [5.74, 6) is -1.66. The monoisotopic (exact) mass is 316 g/mol. The van der Waals surface area contributed by atoms with Gasteiger partial charge in [0, 0.05) is 11.6 Å². The van der Waals surface area contributed by atoms with E-state index in [0.29, 0.717) is 11.1 Å². The lowest BCUT2D eigenvalue weighted by Gasteiger charge is -2.12. The summed E-state index contributed by atoms with van der Waals surface area (Å²) >= 11 is 0. The predicted molar refractivity (Wildman–Crippen MR) is 87.4 cm³/mol. The Labute approximate surface area is 137 Å². The van der Waals surface area contributed by atoms with Crippen molar-refractivity contribution in [3.8, 4) is 0 Å². The highest BCUT2D eigenvalue weighted by molar-refractivity contribution is 6.29. The van der Waals surface area contributed by atoms with E-state index in [0.717, 1.165) is 10.3 Å². The molecule has 0 atom stereocenters. The van der Waals surface area contributed by atoms with Crippen molar-refractivity contribution in [2.75, 3.05) is 0 Å². The number of amides is 3. The maximum atomic E-state index is 12.6. The van der Waals surface area contributed by atoms with Gasteiger partial charge in [0.05, 0.1) is 23.1 Å². The molecule has 4 rings (SSSR count). The molecule has 0 bridgehead atoms. The molecular weight excluding hydrogens is 304 g/mol. The number of fused-ring (bicyclic) bond motifs is 2. The number of nitrogens with zero attached hydrogens (tertiary/aromatic N) is 2. The van der Waals surface area contributed by atoms with Gasteiger partial charge in [-0.2, -0.15) is 0 Å². The zero-order valence-electron chi connectivity index (χ0n) is 12.6. The second kappa shape index (κ2) is 5.38. The minimum Gasteiger partial charge on any atom is -0.274 e. The fourth-order valence-electron chi connectivity index (χ4n) is 2.97. The Morgan fingerprint density at radius 2 is 1.54 bits per heavy atom. The van der Waals surface area contributed by atoms with Crippen LogP contribution in [-0.4, -0.2) is 27.6 Å². The molecule has 3 aromatic rings. The van der Waals surface area contributed by atoms with E-state index in [-0.39, 0.29) is 17.5 Å². The molecule has 116 valence electrons. The number of para-hydroxylation sites is 1. The number of carbonyl (C=O) groups is 3. The van der Waals surface area contributed by atoms with E-state index in [4.69, 9.17) is 0 Å². The Bertz CT molecular complexity index is 970. The van der Waals surface area contributed by atoms with Crippen molar-refractivity contribution >= 4 is 28.6 Å². The third kappa shape index (κ3) is 2.10. The summed E-state index contributed by atoms with van der Waals surface area (Å²) in [6.45, 7) is 0. The third-order valence-electron chi connectivity index (χ3n) is 4.10. The van der Waals surface area contributed by atoms with Crippen LogP contribution in [0.3, 0.4) is 0 Å². The lowest BCUT2D eigenvalue weighted by Crippen LogP contribution is -2.37. The summed E-state index contributed by atoms with van der Waals surface area (Å²) in [5, 5.41) is 0.908. The van der Waals surface area contributed by atoms with Crippen LogP contribution in [0, 0.1) is 0 Å². The Kier molecular flexibility index (Phi) is 3.20. The van der Waals surface area contributed by atoms with Gasteiger partial charge < -0.3 is 0 Å². The van der Waals surface area contributed by atoms with Crippen LogP contribution in [0.15, 0.2) is 60.8 Å². The molecule has 0 spiro atoms. The number of pyridine rings is 1. The first-order valence-electron chi connectivity index (χ1n) is 7.50. The van der Waals surface area contributed by atoms with E-state index in [2.05, 4.69) is 4.98 Å². The normalized spacial score (nSPS) is 13.4. The van der Waals surface area contributed by atoms with Crippen molar-refractivity contribution in [1.29, 1.82) is 0 Å². The van der Waals surface area contributed by atoms with E-state index >= 15 is 0 Å². The van der Waals surface area contributed by atoms with Gasteiger partial charge in [0.2, 0.25) is 5.91 Å². The Balaban J connectivity index is 1.68. The van der Waals surface area contributed by atoms with Gasteiger partial charge in [-0.1, -0.05) is 36.4 Å². The second-order valence-electron chi connectivity index (χ2n) is 5.55. The molecule has 5 heteroatoms. The number of benzene rings is 2. The highest BCUT2D eigenvalue weighted by Crippen LogP contribution is 2.24. The zero-order chi connectivity index (χ0) is 16.7. The average molecular weight is 316 g/mol. The summed E-state index contributed by atoms with van der Waals surface area (Å²) in [6, 6.07) is 15.7. The number of hydrogen-bond donors (Lipinski definition) is 0. The molecule has 1 aliphatic heterocycles. The van der Waals surface area contributed by atoms with Gasteiger partial charge in [-0.05, 0) is 23.8 Å². The van der Waals surface area contributed by atoms with Crippen molar-refractivity contribution in [2.45, 2.75) is 6.42 Å². The third-order valence-corrected chi connectivity index (χ3v) is 4.10. The van der Waals surface area contributed by atoms with Gasteiger partial charge in [-0.3, -0.25) is 19.4 Å². The molecule has 0 N–H and O–H groups in total. The summed E-state index contributed by atoms with van der Waals surface area (Å²) in [5.41, 5.74) is 1.93. The molecule has 0 aliphatic carbocycles. The van der Waals surface area contributed by atoms with Crippen LogP contribution < -0.4 is 0 Å². The maximum Gasteiger partial charge on any atom is 0.268 e. The van der Waals surface area contributed by atoms with E-state index in [9.17, 15) is 14.4 Å². The number of aromatic nitrogens is 1. The molecule has 5 nitrogen and oxygen atoms in total. The zero-order valence-corrected chi connectivity index (χ0v) is 12.6. The maximum absolute atomic E-state index is 12.6. The summed E-state index contributed by atoms with van der Waals surface area (Å²) in [7, 11) is 0. The van der Waals surface area contributed by atoms with Crippen LogP contribution in [-0.2, 0) is 11.2 Å². The largest absolute Gasteiger partial charge is 0.274 e. The molecule has 3 amide bonds. The quantitative estimate of drug-likeness (QED) is 0.682. The fourth-order valence-corrected chi connectivity index (χ4v) is 2.97. The molecule has 0 fully saturated rings. The van der Waals surface area contributed by atoms with Crippen LogP contribution in [0.2, 0.25) is 0 Å². The van der Waals surface area contributed by atoms with E-state index in [1.807, 2.05) is 24.3 Å². The minimum atomic E-state index is -0.561. The first-order chi connectivity index (χ1) is 11.7.